The maximum Gasteiger partial charge on any atom is 0.261 e. The summed E-state index contributed by atoms with van der Waals surface area (Å²) in [6.07, 6.45) is 1.79. The molecule has 2 aromatic carbocycles. The minimum atomic E-state index is -4.10. The summed E-state index contributed by atoms with van der Waals surface area (Å²) in [5.41, 5.74) is 0.411. The third kappa shape index (κ3) is 6.23. The Morgan fingerprint density at radius 2 is 1.88 bits per heavy atom. The van der Waals surface area contributed by atoms with E-state index >= 15 is 0 Å². The maximum atomic E-state index is 13.1. The van der Waals surface area contributed by atoms with Crippen molar-refractivity contribution in [1.29, 1.82) is 0 Å². The number of amides is 2. The fraction of sp³-hybridized carbons (Fsp3) is 0.391. The summed E-state index contributed by atoms with van der Waals surface area (Å²) < 4.78 is 39.4. The molecule has 0 radical (unpaired) electrons. The Balaban J connectivity index is 1.83. The topological polar surface area (TPSA) is 123 Å². The van der Waals surface area contributed by atoms with Gasteiger partial charge in [0.25, 0.3) is 21.8 Å². The van der Waals surface area contributed by atoms with Gasteiger partial charge in [0.1, 0.15) is 5.75 Å². The molecule has 1 atom stereocenters. The highest BCUT2D eigenvalue weighted by atomic mass is 32.2. The van der Waals surface area contributed by atoms with Crippen molar-refractivity contribution in [2.45, 2.75) is 43.7 Å². The van der Waals surface area contributed by atoms with Crippen LogP contribution >= 0.6 is 0 Å². The van der Waals surface area contributed by atoms with Crippen LogP contribution in [0.3, 0.4) is 0 Å². The minimum absolute atomic E-state index is 0.0347. The second-order valence-corrected chi connectivity index (χ2v) is 9.67. The van der Waals surface area contributed by atoms with Crippen LogP contribution < -0.4 is 20.1 Å². The van der Waals surface area contributed by atoms with Crippen LogP contribution in [-0.4, -0.2) is 52.6 Å². The van der Waals surface area contributed by atoms with Crippen LogP contribution in [0, 0.1) is 0 Å². The summed E-state index contributed by atoms with van der Waals surface area (Å²) >= 11 is 0. The van der Waals surface area contributed by atoms with Gasteiger partial charge < -0.3 is 20.1 Å². The number of anilines is 1. The maximum absolute atomic E-state index is 13.1. The van der Waals surface area contributed by atoms with Gasteiger partial charge in [-0.15, -0.1) is 0 Å². The molecule has 3 rings (SSSR count). The normalized spacial score (nSPS) is 15.8. The van der Waals surface area contributed by atoms with E-state index in [2.05, 4.69) is 15.4 Å². The van der Waals surface area contributed by atoms with E-state index in [-0.39, 0.29) is 39.6 Å². The van der Waals surface area contributed by atoms with E-state index in [0.29, 0.717) is 13.2 Å². The molecule has 0 bridgehead atoms. The summed E-state index contributed by atoms with van der Waals surface area (Å²) in [5.74, 6) is -0.607. The summed E-state index contributed by atoms with van der Waals surface area (Å²) in [6.45, 7) is 4.63. The van der Waals surface area contributed by atoms with Crippen molar-refractivity contribution in [3.05, 3.63) is 53.6 Å². The number of hydrogen-bond acceptors (Lipinski definition) is 6. The molecule has 0 aromatic heterocycles. The highest BCUT2D eigenvalue weighted by molar-refractivity contribution is 7.92. The molecule has 1 saturated heterocycles. The van der Waals surface area contributed by atoms with E-state index in [0.717, 1.165) is 12.8 Å². The number of methoxy groups -OCH3 is 1. The Kier molecular flexibility index (Phi) is 7.93. The Morgan fingerprint density at radius 3 is 2.55 bits per heavy atom. The van der Waals surface area contributed by atoms with E-state index in [4.69, 9.17) is 9.47 Å². The summed E-state index contributed by atoms with van der Waals surface area (Å²) in [5, 5.41) is 5.52. The van der Waals surface area contributed by atoms with Crippen LogP contribution in [-0.2, 0) is 14.8 Å². The van der Waals surface area contributed by atoms with Gasteiger partial charge >= 0.3 is 0 Å². The van der Waals surface area contributed by atoms with E-state index in [1.54, 1.807) is 26.0 Å². The van der Waals surface area contributed by atoms with Crippen LogP contribution in [0.1, 0.15) is 47.4 Å². The van der Waals surface area contributed by atoms with Crippen molar-refractivity contribution in [3.8, 4) is 5.75 Å². The number of hydrogen-bond donors (Lipinski definition) is 3. The number of rotatable bonds is 9. The number of benzene rings is 2. The van der Waals surface area contributed by atoms with Gasteiger partial charge in [-0.05, 0) is 57.0 Å². The number of nitrogens with one attached hydrogen (secondary N) is 3. The molecule has 1 fully saturated rings. The monoisotopic (exact) mass is 475 g/mol. The van der Waals surface area contributed by atoms with Crippen molar-refractivity contribution in [1.82, 2.24) is 10.6 Å². The Morgan fingerprint density at radius 1 is 1.12 bits per heavy atom. The van der Waals surface area contributed by atoms with Crippen molar-refractivity contribution in [3.63, 3.8) is 0 Å². The molecule has 0 unspecified atom stereocenters. The third-order valence-corrected chi connectivity index (χ3v) is 6.44. The molecule has 178 valence electrons. The van der Waals surface area contributed by atoms with Gasteiger partial charge in [0.05, 0.1) is 34.9 Å². The molecule has 2 aromatic rings. The predicted octanol–water partition coefficient (Wildman–Crippen LogP) is 2.54. The molecule has 9 nitrogen and oxygen atoms in total. The highest BCUT2D eigenvalue weighted by Crippen LogP contribution is 2.25. The van der Waals surface area contributed by atoms with Crippen molar-refractivity contribution < 1.29 is 27.5 Å². The van der Waals surface area contributed by atoms with Gasteiger partial charge in [0, 0.05) is 19.2 Å². The van der Waals surface area contributed by atoms with Crippen LogP contribution in [0.5, 0.6) is 5.75 Å². The average Bonchev–Trinajstić information content (AvgIpc) is 3.30. The molecule has 1 aliphatic heterocycles. The van der Waals surface area contributed by atoms with Gasteiger partial charge in [0.15, 0.2) is 0 Å². The molecule has 2 amide bonds. The van der Waals surface area contributed by atoms with Crippen molar-refractivity contribution in [2.24, 2.45) is 0 Å². The molecular formula is C23H29N3O6S. The lowest BCUT2D eigenvalue weighted by Crippen LogP contribution is -2.32. The predicted molar refractivity (Wildman–Crippen MR) is 124 cm³/mol. The molecule has 33 heavy (non-hydrogen) atoms. The molecule has 0 aliphatic carbocycles. The average molecular weight is 476 g/mol. The molecule has 10 heteroatoms. The highest BCUT2D eigenvalue weighted by Gasteiger charge is 2.23. The van der Waals surface area contributed by atoms with E-state index in [1.807, 2.05) is 0 Å². The molecule has 3 N–H and O–H groups in total. The van der Waals surface area contributed by atoms with Gasteiger partial charge in [-0.3, -0.25) is 14.3 Å². The number of carbonyl (C=O) groups excluding carboxylic acids is 2. The van der Waals surface area contributed by atoms with Crippen LogP contribution in [0.15, 0.2) is 47.4 Å². The second-order valence-electron chi connectivity index (χ2n) is 7.99. The largest absolute Gasteiger partial charge is 0.496 e. The fourth-order valence-electron chi connectivity index (χ4n) is 3.45. The van der Waals surface area contributed by atoms with Crippen LogP contribution in [0.2, 0.25) is 0 Å². The SMILES string of the molecule is COc1ccc(S(=O)(=O)Nc2ccccc2C(=O)NC[C@@H]2CCCO2)cc1C(=O)NC(C)C. The van der Waals surface area contributed by atoms with Gasteiger partial charge in [-0.1, -0.05) is 12.1 Å². The van der Waals surface area contributed by atoms with Gasteiger partial charge in [-0.2, -0.15) is 0 Å². The standard InChI is InChI=1S/C23H29N3O6S/c1-15(2)25-23(28)19-13-17(10-11-21(19)31-3)33(29,30)26-20-9-5-4-8-18(20)22(27)24-14-16-7-6-12-32-16/h4-5,8-11,13,15-16,26H,6-7,12,14H2,1-3H3,(H,24,27)(H,25,28)/t16-/m0/s1. The van der Waals surface area contributed by atoms with E-state index in [9.17, 15) is 18.0 Å². The quantitative estimate of drug-likeness (QED) is 0.512. The smallest absolute Gasteiger partial charge is 0.261 e. The lowest BCUT2D eigenvalue weighted by atomic mass is 10.1. The first-order valence-corrected chi connectivity index (χ1v) is 12.2. The summed E-state index contributed by atoms with van der Waals surface area (Å²) in [6, 6.07) is 10.2. The van der Waals surface area contributed by atoms with E-state index < -0.39 is 21.8 Å². The molecule has 1 aliphatic rings. The van der Waals surface area contributed by atoms with Gasteiger partial charge in [0.2, 0.25) is 0 Å². The first-order chi connectivity index (χ1) is 15.7. The summed E-state index contributed by atoms with van der Waals surface area (Å²) in [4.78, 5) is 25.1. The number of ether oxygens (including phenoxy) is 2. The van der Waals surface area contributed by atoms with Crippen molar-refractivity contribution >= 4 is 27.5 Å². The zero-order valence-corrected chi connectivity index (χ0v) is 19.7. The third-order valence-electron chi connectivity index (χ3n) is 5.08. The van der Waals surface area contributed by atoms with Crippen LogP contribution in [0.4, 0.5) is 5.69 Å². The molecular weight excluding hydrogens is 446 g/mol. The Bertz CT molecular complexity index is 1110. The first-order valence-electron chi connectivity index (χ1n) is 10.7. The number of carbonyl (C=O) groups is 2. The van der Waals surface area contributed by atoms with Crippen molar-refractivity contribution in [2.75, 3.05) is 25.0 Å². The molecule has 0 spiro atoms. The van der Waals surface area contributed by atoms with Gasteiger partial charge in [-0.25, -0.2) is 8.42 Å². The Hall–Kier alpha value is -3.11. The van der Waals surface area contributed by atoms with E-state index in [1.165, 1.54) is 37.4 Å². The zero-order valence-electron chi connectivity index (χ0n) is 18.9. The molecule has 0 saturated carbocycles. The number of para-hydroxylation sites is 1. The lowest BCUT2D eigenvalue weighted by molar-refractivity contribution is 0.0858. The Labute approximate surface area is 193 Å². The fourth-order valence-corrected chi connectivity index (χ4v) is 4.56. The minimum Gasteiger partial charge on any atom is -0.496 e. The zero-order chi connectivity index (χ0) is 24.0. The second kappa shape index (κ2) is 10.7. The van der Waals surface area contributed by atoms with Crippen LogP contribution in [0.25, 0.3) is 0 Å². The first kappa shape index (κ1) is 24.5. The lowest BCUT2D eigenvalue weighted by Gasteiger charge is -2.16. The summed E-state index contributed by atoms with van der Waals surface area (Å²) in [7, 11) is -2.70. The molecule has 1 heterocycles. The number of sulfonamides is 1.